The van der Waals surface area contributed by atoms with Crippen molar-refractivity contribution in [3.05, 3.63) is 23.3 Å². The third-order valence-electron chi connectivity index (χ3n) is 5.59. The number of esters is 1. The Morgan fingerprint density at radius 3 is 2.49 bits per heavy atom. The molecular weight excluding hydrogens is 468 g/mol. The van der Waals surface area contributed by atoms with Gasteiger partial charge in [0.2, 0.25) is 5.13 Å². The fourth-order valence-corrected chi connectivity index (χ4v) is 4.73. The molecule has 2 heterocycles. The first-order chi connectivity index (χ1) is 16.5. The number of amides is 1. The Morgan fingerprint density at radius 1 is 1.20 bits per heavy atom. The minimum atomic E-state index is -0.750. The first-order valence-electron chi connectivity index (χ1n) is 12.0. The highest BCUT2D eigenvalue weighted by Crippen LogP contribution is 2.35. The van der Waals surface area contributed by atoms with Crippen molar-refractivity contribution in [3.8, 4) is 16.3 Å². The number of unbranched alkanes of at least 4 members (excludes halogenated alkanes) is 1. The lowest BCUT2D eigenvalue weighted by atomic mass is 10.1. The Kier molecular flexibility index (Phi) is 8.58. The van der Waals surface area contributed by atoms with Crippen LogP contribution >= 0.6 is 11.3 Å². The molecule has 0 spiro atoms. The van der Waals surface area contributed by atoms with E-state index in [9.17, 15) is 9.59 Å². The normalized spacial score (nSPS) is 17.9. The van der Waals surface area contributed by atoms with E-state index in [-0.39, 0.29) is 12.6 Å². The van der Waals surface area contributed by atoms with Gasteiger partial charge in [0, 0.05) is 18.5 Å². The van der Waals surface area contributed by atoms with Crippen molar-refractivity contribution < 1.29 is 23.8 Å². The van der Waals surface area contributed by atoms with Gasteiger partial charge in [0.05, 0.1) is 13.7 Å². The zero-order chi connectivity index (χ0) is 25.8. The molecule has 0 aliphatic carbocycles. The summed E-state index contributed by atoms with van der Waals surface area (Å²) in [6.07, 6.45) is 1.61. The lowest BCUT2D eigenvalue weighted by Crippen LogP contribution is -2.44. The van der Waals surface area contributed by atoms with Crippen molar-refractivity contribution in [2.24, 2.45) is 0 Å². The summed E-state index contributed by atoms with van der Waals surface area (Å²) in [6, 6.07) is 3.30. The molecule has 1 N–H and O–H groups in total. The Hall–Kier alpha value is -2.88. The molecule has 2 aromatic rings. The maximum atomic E-state index is 12.7. The largest absolute Gasteiger partial charge is 0.488 e. The Morgan fingerprint density at radius 2 is 1.89 bits per heavy atom. The number of ether oxygens (including phenoxy) is 3. The SMILES string of the molecule is CCCCNc1nnc(-c2cc(C)c(O[C@H]3CC(C(=O)OC)N(C(=O)OC(C)(C)C)C3)c(C)c2)s1. The molecule has 192 valence electrons. The monoisotopic (exact) mass is 504 g/mol. The van der Waals surface area contributed by atoms with Crippen molar-refractivity contribution in [1.82, 2.24) is 15.1 Å². The van der Waals surface area contributed by atoms with Crippen molar-refractivity contribution >= 4 is 28.5 Å². The minimum absolute atomic E-state index is 0.235. The van der Waals surface area contributed by atoms with Crippen LogP contribution in [0, 0.1) is 13.8 Å². The molecule has 9 nitrogen and oxygen atoms in total. The number of aromatic nitrogens is 2. The maximum Gasteiger partial charge on any atom is 0.411 e. The summed E-state index contributed by atoms with van der Waals surface area (Å²) in [5.74, 6) is 0.254. The number of hydrogen-bond donors (Lipinski definition) is 1. The van der Waals surface area contributed by atoms with E-state index < -0.39 is 23.7 Å². The molecule has 0 bridgehead atoms. The van der Waals surface area contributed by atoms with Crippen LogP contribution in [0.1, 0.15) is 58.1 Å². The summed E-state index contributed by atoms with van der Waals surface area (Å²) in [7, 11) is 1.31. The highest BCUT2D eigenvalue weighted by Gasteiger charge is 2.43. The van der Waals surface area contributed by atoms with Gasteiger partial charge >= 0.3 is 12.1 Å². The van der Waals surface area contributed by atoms with Crippen LogP contribution in [-0.4, -0.2) is 65.1 Å². The lowest BCUT2D eigenvalue weighted by Gasteiger charge is -2.27. The second-order valence-corrected chi connectivity index (χ2v) is 10.8. The molecule has 1 saturated heterocycles. The van der Waals surface area contributed by atoms with E-state index in [1.54, 1.807) is 20.8 Å². The van der Waals surface area contributed by atoms with Crippen LogP contribution in [0.25, 0.3) is 10.6 Å². The third kappa shape index (κ3) is 6.84. The molecule has 1 aromatic carbocycles. The molecule has 0 saturated carbocycles. The van der Waals surface area contributed by atoms with Gasteiger partial charge in [0.25, 0.3) is 0 Å². The molecule has 1 amide bonds. The second kappa shape index (κ2) is 11.2. The van der Waals surface area contributed by atoms with Crippen LogP contribution in [0.4, 0.5) is 9.93 Å². The number of aryl methyl sites for hydroxylation is 2. The Labute approximate surface area is 211 Å². The van der Waals surface area contributed by atoms with Gasteiger partial charge in [0.1, 0.15) is 28.5 Å². The molecular formula is C25H36N4O5S. The number of likely N-dealkylation sites (tertiary alicyclic amines) is 1. The van der Waals surface area contributed by atoms with Crippen LogP contribution in [0.15, 0.2) is 12.1 Å². The Bertz CT molecular complexity index is 1030. The molecule has 0 radical (unpaired) electrons. The summed E-state index contributed by atoms with van der Waals surface area (Å²) < 4.78 is 16.8. The van der Waals surface area contributed by atoms with E-state index in [1.807, 2.05) is 26.0 Å². The predicted octanol–water partition coefficient (Wildman–Crippen LogP) is 4.96. The average molecular weight is 505 g/mol. The van der Waals surface area contributed by atoms with Gasteiger partial charge < -0.3 is 19.5 Å². The quantitative estimate of drug-likeness (QED) is 0.397. The number of nitrogens with zero attached hydrogens (tertiary/aromatic N) is 3. The second-order valence-electron chi connectivity index (χ2n) is 9.78. The fraction of sp³-hybridized carbons (Fsp3) is 0.600. The summed E-state index contributed by atoms with van der Waals surface area (Å²) in [5.41, 5.74) is 2.19. The summed E-state index contributed by atoms with van der Waals surface area (Å²) >= 11 is 1.52. The van der Waals surface area contributed by atoms with Crippen LogP contribution in [0.5, 0.6) is 5.75 Å². The van der Waals surface area contributed by atoms with Gasteiger partial charge in [-0.2, -0.15) is 0 Å². The summed E-state index contributed by atoms with van der Waals surface area (Å²) in [4.78, 5) is 26.5. The van der Waals surface area contributed by atoms with E-state index in [1.165, 1.54) is 23.3 Å². The molecule has 1 fully saturated rings. The van der Waals surface area contributed by atoms with Gasteiger partial charge in [-0.15, -0.1) is 10.2 Å². The van der Waals surface area contributed by atoms with E-state index in [0.29, 0.717) is 6.42 Å². The highest BCUT2D eigenvalue weighted by atomic mass is 32.1. The lowest BCUT2D eigenvalue weighted by molar-refractivity contribution is -0.145. The average Bonchev–Trinajstić information content (AvgIpc) is 3.42. The van der Waals surface area contributed by atoms with E-state index in [4.69, 9.17) is 14.2 Å². The summed E-state index contributed by atoms with van der Waals surface area (Å²) in [6.45, 7) is 12.6. The molecule has 2 atom stereocenters. The van der Waals surface area contributed by atoms with Crippen LogP contribution < -0.4 is 10.1 Å². The first kappa shape index (κ1) is 26.7. The number of methoxy groups -OCH3 is 1. The van der Waals surface area contributed by atoms with Gasteiger partial charge in [-0.3, -0.25) is 4.90 Å². The molecule has 1 aliphatic heterocycles. The third-order valence-corrected chi connectivity index (χ3v) is 6.52. The Balaban J connectivity index is 1.75. The van der Waals surface area contributed by atoms with E-state index >= 15 is 0 Å². The number of carbonyl (C=O) groups excluding carboxylic acids is 2. The number of benzene rings is 1. The van der Waals surface area contributed by atoms with Gasteiger partial charge in [-0.05, 0) is 64.3 Å². The molecule has 1 aromatic heterocycles. The molecule has 35 heavy (non-hydrogen) atoms. The zero-order valence-corrected chi connectivity index (χ0v) is 22.5. The molecule has 1 aliphatic rings. The van der Waals surface area contributed by atoms with Gasteiger partial charge in [-0.25, -0.2) is 9.59 Å². The van der Waals surface area contributed by atoms with Crippen molar-refractivity contribution in [2.45, 2.75) is 78.6 Å². The molecule has 10 heteroatoms. The number of hydrogen-bond acceptors (Lipinski definition) is 9. The fourth-order valence-electron chi connectivity index (χ4n) is 3.97. The van der Waals surface area contributed by atoms with Crippen molar-refractivity contribution in [2.75, 3.05) is 25.5 Å². The first-order valence-corrected chi connectivity index (χ1v) is 12.8. The standard InChI is InChI=1S/C25H36N4O5S/c1-8-9-10-26-23-28-27-21(35-23)17-11-15(2)20(16(3)12-17)33-18-13-19(22(30)32-7)29(14-18)24(31)34-25(4,5)6/h11-12,18-19H,8-10,13-14H2,1-7H3,(H,26,28)/t18-,19?/m0/s1. The number of carbonyl (C=O) groups is 2. The van der Waals surface area contributed by atoms with Gasteiger partial charge in [-0.1, -0.05) is 24.7 Å². The number of anilines is 1. The van der Waals surface area contributed by atoms with Crippen molar-refractivity contribution in [3.63, 3.8) is 0 Å². The number of rotatable bonds is 8. The van der Waals surface area contributed by atoms with Crippen molar-refractivity contribution in [1.29, 1.82) is 0 Å². The van der Waals surface area contributed by atoms with Crippen LogP contribution in [0.3, 0.4) is 0 Å². The van der Waals surface area contributed by atoms with Gasteiger partial charge in [0.15, 0.2) is 0 Å². The van der Waals surface area contributed by atoms with E-state index in [2.05, 4.69) is 22.4 Å². The predicted molar refractivity (Wildman–Crippen MR) is 136 cm³/mol. The maximum absolute atomic E-state index is 12.7. The topological polar surface area (TPSA) is 103 Å². The molecule has 3 rings (SSSR count). The number of nitrogens with one attached hydrogen (secondary N) is 1. The zero-order valence-electron chi connectivity index (χ0n) is 21.6. The van der Waals surface area contributed by atoms with Crippen LogP contribution in [-0.2, 0) is 14.3 Å². The summed E-state index contributed by atoms with van der Waals surface area (Å²) in [5, 5.41) is 13.5. The molecule has 1 unspecified atom stereocenters. The highest BCUT2D eigenvalue weighted by molar-refractivity contribution is 7.18. The van der Waals surface area contributed by atoms with Crippen LogP contribution in [0.2, 0.25) is 0 Å². The smallest absolute Gasteiger partial charge is 0.411 e. The minimum Gasteiger partial charge on any atom is -0.488 e. The van der Waals surface area contributed by atoms with E-state index in [0.717, 1.165) is 52.0 Å².